The zero-order chi connectivity index (χ0) is 50.5. The van der Waals surface area contributed by atoms with Gasteiger partial charge >= 0.3 is 5.97 Å². The number of rotatable bonds is 53. The molecule has 0 bridgehead atoms. The fraction of sp³-hybridized carbons (Fsp3) is 0.783. The first-order valence-corrected chi connectivity index (χ1v) is 30.1. The second kappa shape index (κ2) is 52.3. The van der Waals surface area contributed by atoms with Gasteiger partial charge in [-0.05, 0) is 83.5 Å². The van der Waals surface area contributed by atoms with E-state index < -0.39 is 13.9 Å². The topological polar surface area (TPSA) is 94.1 Å². The molecule has 0 heterocycles. The standard InChI is InChI=1S/C60H110NO7P/c1-6-8-10-12-14-16-18-20-22-24-26-28-29-30-31-32-34-36-38-40-42-44-46-48-50-52-55-65-57-59(58-67-69(63,64)66-56-54-61(3,4)5)68-60(62)53-51-49-47-45-43-41-39-37-35-33-27-25-23-21-19-17-15-13-11-9-7-2/h8,10,14,16,19-22,25-28,59H,6-7,9,11-13,15,17-18,23-24,29-58H2,1-5H3/b10-8-,16-14-,21-19-,22-20-,27-25-,28-26-. The van der Waals surface area contributed by atoms with E-state index in [0.29, 0.717) is 24.1 Å². The lowest BCUT2D eigenvalue weighted by molar-refractivity contribution is -0.870. The van der Waals surface area contributed by atoms with Crippen LogP contribution in [0.1, 0.15) is 245 Å². The van der Waals surface area contributed by atoms with E-state index in [4.69, 9.17) is 18.5 Å². The molecule has 8 nitrogen and oxygen atoms in total. The monoisotopic (exact) mass is 988 g/mol. The van der Waals surface area contributed by atoms with E-state index in [-0.39, 0.29) is 25.8 Å². The molecule has 0 saturated heterocycles. The van der Waals surface area contributed by atoms with E-state index in [1.807, 2.05) is 21.1 Å². The highest BCUT2D eigenvalue weighted by Gasteiger charge is 2.20. The highest BCUT2D eigenvalue weighted by atomic mass is 31.2. The lowest BCUT2D eigenvalue weighted by Crippen LogP contribution is -2.37. The van der Waals surface area contributed by atoms with Crippen molar-refractivity contribution in [1.29, 1.82) is 0 Å². The average molecular weight is 989 g/mol. The SMILES string of the molecule is CC/C=C\C/C=C\C/C=C\C/C=C\CCCCCCCCCCCCCCCOCC(COP(=O)([O-])OCC[N+](C)(C)C)OC(=O)CCCCCCCCCCC/C=C\C/C=C\CCCCCCC. The number of ether oxygens (including phenoxy) is 2. The first-order valence-electron chi connectivity index (χ1n) is 28.7. The van der Waals surface area contributed by atoms with Crippen molar-refractivity contribution in [3.63, 3.8) is 0 Å². The van der Waals surface area contributed by atoms with Crippen LogP contribution in [0.25, 0.3) is 0 Å². The van der Waals surface area contributed by atoms with Gasteiger partial charge in [0.25, 0.3) is 7.82 Å². The molecule has 0 N–H and O–H groups in total. The molecular weight excluding hydrogens is 878 g/mol. The zero-order valence-corrected chi connectivity index (χ0v) is 46.6. The van der Waals surface area contributed by atoms with E-state index in [2.05, 4.69) is 86.8 Å². The number of hydrogen-bond donors (Lipinski definition) is 0. The molecular formula is C60H110NO7P. The summed E-state index contributed by atoms with van der Waals surface area (Å²) in [6.45, 7) is 5.30. The molecule has 0 spiro atoms. The molecule has 0 amide bonds. The third kappa shape index (κ3) is 56.7. The molecule has 0 aromatic carbocycles. The summed E-state index contributed by atoms with van der Waals surface area (Å²) in [7, 11) is 1.35. The largest absolute Gasteiger partial charge is 0.756 e. The minimum atomic E-state index is -4.54. The molecule has 9 heteroatoms. The number of hydrogen-bond acceptors (Lipinski definition) is 7. The summed E-state index contributed by atoms with van der Waals surface area (Å²) >= 11 is 0. The van der Waals surface area contributed by atoms with Crippen LogP contribution in [0.4, 0.5) is 0 Å². The first-order chi connectivity index (χ1) is 33.6. The maximum absolute atomic E-state index is 12.8. The Morgan fingerprint density at radius 3 is 1.26 bits per heavy atom. The van der Waals surface area contributed by atoms with Crippen LogP contribution in [0, 0.1) is 0 Å². The highest BCUT2D eigenvalue weighted by molar-refractivity contribution is 7.45. The normalized spacial score (nSPS) is 14.0. The number of unbranched alkanes of at least 4 members (excludes halogenated alkanes) is 27. The molecule has 0 saturated carbocycles. The van der Waals surface area contributed by atoms with Crippen molar-refractivity contribution in [2.24, 2.45) is 0 Å². The summed E-state index contributed by atoms with van der Waals surface area (Å²) in [6.07, 6.45) is 69.4. The van der Waals surface area contributed by atoms with Crippen molar-refractivity contribution in [2.75, 3.05) is 54.1 Å². The number of quaternary nitrogens is 1. The number of phosphoric ester groups is 1. The van der Waals surface area contributed by atoms with Gasteiger partial charge in [-0.2, -0.15) is 0 Å². The Kier molecular flexibility index (Phi) is 50.7. The number of allylic oxidation sites excluding steroid dienone is 12. The van der Waals surface area contributed by atoms with Crippen LogP contribution < -0.4 is 4.89 Å². The minimum Gasteiger partial charge on any atom is -0.756 e. The lowest BCUT2D eigenvalue weighted by Gasteiger charge is -2.28. The van der Waals surface area contributed by atoms with Crippen molar-refractivity contribution in [1.82, 2.24) is 0 Å². The van der Waals surface area contributed by atoms with E-state index >= 15 is 0 Å². The van der Waals surface area contributed by atoms with Crippen molar-refractivity contribution in [3.05, 3.63) is 72.9 Å². The molecule has 0 rings (SSSR count). The van der Waals surface area contributed by atoms with Crippen LogP contribution in [0.15, 0.2) is 72.9 Å². The number of esters is 1. The van der Waals surface area contributed by atoms with Crippen molar-refractivity contribution in [3.8, 4) is 0 Å². The summed E-state index contributed by atoms with van der Waals surface area (Å²) in [5.41, 5.74) is 0. The summed E-state index contributed by atoms with van der Waals surface area (Å²) < 4.78 is 34.9. The van der Waals surface area contributed by atoms with Crippen molar-refractivity contribution in [2.45, 2.75) is 251 Å². The third-order valence-electron chi connectivity index (χ3n) is 12.2. The number of nitrogens with zero attached hydrogens (tertiary/aromatic N) is 1. The van der Waals surface area contributed by atoms with E-state index in [0.717, 1.165) is 64.2 Å². The lowest BCUT2D eigenvalue weighted by atomic mass is 10.0. The fourth-order valence-electron chi connectivity index (χ4n) is 7.86. The maximum Gasteiger partial charge on any atom is 0.306 e. The summed E-state index contributed by atoms with van der Waals surface area (Å²) in [6, 6.07) is 0. The van der Waals surface area contributed by atoms with Crippen molar-refractivity contribution >= 4 is 13.8 Å². The van der Waals surface area contributed by atoms with Gasteiger partial charge in [0.1, 0.15) is 19.3 Å². The maximum atomic E-state index is 12.8. The van der Waals surface area contributed by atoms with Crippen LogP contribution in [-0.4, -0.2) is 70.7 Å². The van der Waals surface area contributed by atoms with Gasteiger partial charge in [-0.25, -0.2) is 0 Å². The van der Waals surface area contributed by atoms with Gasteiger partial charge in [0.2, 0.25) is 0 Å². The van der Waals surface area contributed by atoms with Gasteiger partial charge in [0.05, 0.1) is 34.4 Å². The summed E-state index contributed by atoms with van der Waals surface area (Å²) in [5, 5.41) is 0. The van der Waals surface area contributed by atoms with E-state index in [1.165, 1.54) is 161 Å². The Morgan fingerprint density at radius 2 is 0.841 bits per heavy atom. The van der Waals surface area contributed by atoms with Crippen molar-refractivity contribution < 1.29 is 37.3 Å². The quantitative estimate of drug-likeness (QED) is 0.0197. The van der Waals surface area contributed by atoms with Crippen LogP contribution in [0.2, 0.25) is 0 Å². The molecule has 2 atom stereocenters. The van der Waals surface area contributed by atoms with Crippen LogP contribution in [0.5, 0.6) is 0 Å². The third-order valence-corrected chi connectivity index (χ3v) is 13.2. The molecule has 0 radical (unpaired) electrons. The fourth-order valence-corrected chi connectivity index (χ4v) is 8.59. The first kappa shape index (κ1) is 66.9. The number of carbonyl (C=O) groups is 1. The Hall–Kier alpha value is -2.06. The van der Waals surface area contributed by atoms with Crippen LogP contribution in [-0.2, 0) is 27.9 Å². The predicted octanol–water partition coefficient (Wildman–Crippen LogP) is 17.5. The smallest absolute Gasteiger partial charge is 0.306 e. The van der Waals surface area contributed by atoms with Gasteiger partial charge in [-0.3, -0.25) is 9.36 Å². The molecule has 0 aliphatic rings. The molecule has 0 aliphatic carbocycles. The van der Waals surface area contributed by atoms with E-state index in [1.54, 1.807) is 0 Å². The van der Waals surface area contributed by atoms with Gasteiger partial charge in [-0.1, -0.05) is 228 Å². The Labute approximate surface area is 427 Å². The Bertz CT molecular complexity index is 1330. The summed E-state index contributed by atoms with van der Waals surface area (Å²) in [4.78, 5) is 25.3. The molecule has 0 aromatic rings. The van der Waals surface area contributed by atoms with Gasteiger partial charge in [0, 0.05) is 13.0 Å². The number of likely N-dealkylation sites (N-methyl/N-ethyl adjacent to an activating group) is 1. The van der Waals surface area contributed by atoms with Gasteiger partial charge < -0.3 is 27.9 Å². The molecule has 0 fully saturated rings. The number of carbonyl (C=O) groups excluding carboxylic acids is 1. The molecule has 402 valence electrons. The Balaban J connectivity index is 4.08. The Morgan fingerprint density at radius 1 is 0.464 bits per heavy atom. The minimum absolute atomic E-state index is 0.0229. The van der Waals surface area contributed by atoms with Crippen LogP contribution in [0.3, 0.4) is 0 Å². The molecule has 69 heavy (non-hydrogen) atoms. The molecule has 2 unspecified atom stereocenters. The van der Waals surface area contributed by atoms with Gasteiger partial charge in [-0.15, -0.1) is 0 Å². The van der Waals surface area contributed by atoms with E-state index in [9.17, 15) is 14.3 Å². The number of phosphoric acid groups is 1. The molecule has 0 aromatic heterocycles. The van der Waals surface area contributed by atoms with Crippen LogP contribution >= 0.6 is 7.82 Å². The predicted molar refractivity (Wildman–Crippen MR) is 296 cm³/mol. The van der Waals surface area contributed by atoms with Gasteiger partial charge in [0.15, 0.2) is 0 Å². The summed E-state index contributed by atoms with van der Waals surface area (Å²) in [5.74, 6) is -0.338. The highest BCUT2D eigenvalue weighted by Crippen LogP contribution is 2.38. The zero-order valence-electron chi connectivity index (χ0n) is 45.7. The second-order valence-corrected chi connectivity index (χ2v) is 21.7. The second-order valence-electron chi connectivity index (χ2n) is 20.3. The molecule has 0 aliphatic heterocycles. The average Bonchev–Trinajstić information content (AvgIpc) is 3.31.